The SMILES string of the molecule is CCN1C=CN(c2[c-]cccc2)[CH-]1.CN1C=CN(c2[c-]ccc(-c3ccccc3)c2)[CH-]1.CN1C=CN(c2[c-]ccc(CO)c2)[CH-]1.CN1C=CN(c2[c-]cccc2)[CH-]1.CN1C=CN(c2[c-]cccc2)[CH-]1.CN1C=CN(c2[c-]cccc2)[CH-]1.CNCc1cc[c-]c(N2C=CN(C)[CH-]2)c1.[CH-]=C(C)C=C(C)O.[Ir+3].[Ir+3].[Ir].[Ir].[Ir].[Pt+2].[Pt+2].[Pt+2].[c-]1ccccc1-n1cccn1.[c-]1ccccc1N1C=CN(c2ccccc2)[CH-]1. The second-order valence-corrected chi connectivity index (χ2v) is 29.8. The van der Waals surface area contributed by atoms with E-state index in [1.54, 1.807) is 24.7 Å². The van der Waals surface area contributed by atoms with Crippen LogP contribution in [0.1, 0.15) is 31.9 Å². The molecule has 0 atom stereocenters. The minimum absolute atomic E-state index is 0. The number of benzene rings is 11. The molecule has 0 bridgehead atoms. The van der Waals surface area contributed by atoms with E-state index in [0.717, 1.165) is 75.5 Å². The van der Waals surface area contributed by atoms with Crippen LogP contribution in [-0.4, -0.2) is 110 Å². The van der Waals surface area contributed by atoms with Crippen molar-refractivity contribution in [1.82, 2.24) is 49.4 Å². The molecule has 21 nitrogen and oxygen atoms in total. The molecular formula is C110H111Ir5N19O2Pt3-6. The molecule has 0 amide bonds. The number of aliphatic hydroxyl groups excluding tert-OH is 2. The van der Waals surface area contributed by atoms with Crippen LogP contribution in [0.3, 0.4) is 0 Å². The van der Waals surface area contributed by atoms with Gasteiger partial charge in [-0.05, 0) is 198 Å². The molecule has 0 aliphatic carbocycles. The molecule has 1 aromatic heterocycles. The fraction of sp³-hybridized carbons (Fsp3) is 0.118. The summed E-state index contributed by atoms with van der Waals surface area (Å²) in [6.45, 7) is 28.7. The van der Waals surface area contributed by atoms with Crippen LogP contribution < -0.4 is 49.4 Å². The van der Waals surface area contributed by atoms with Gasteiger partial charge in [-0.3, -0.25) is 11.3 Å². The van der Waals surface area contributed by atoms with Crippen molar-refractivity contribution >= 4 is 51.2 Å². The fourth-order valence-corrected chi connectivity index (χ4v) is 12.6. The van der Waals surface area contributed by atoms with Crippen molar-refractivity contribution in [2.45, 2.75) is 33.9 Å². The summed E-state index contributed by atoms with van der Waals surface area (Å²) < 4.78 is 1.78. The first-order valence-electron chi connectivity index (χ1n) is 42.5. The molecular weight excluding hydrogens is 3170 g/mol. The molecule has 8 aliphatic rings. The van der Waals surface area contributed by atoms with Gasteiger partial charge in [-0.25, -0.2) is 5.57 Å². The van der Waals surface area contributed by atoms with Gasteiger partial charge in [0.15, 0.2) is 0 Å². The van der Waals surface area contributed by atoms with Gasteiger partial charge < -0.3 is 93.9 Å². The summed E-state index contributed by atoms with van der Waals surface area (Å²) in [5.74, 6) is 0.250. The quantitative estimate of drug-likeness (QED) is 0.0483. The average Bonchev–Trinajstić information content (AvgIpc) is 1.64. The van der Waals surface area contributed by atoms with Crippen molar-refractivity contribution in [2.24, 2.45) is 0 Å². The Hall–Kier alpha value is -10.1. The topological polar surface area (TPSA) is 122 Å². The van der Waals surface area contributed by atoms with Crippen LogP contribution in [0.5, 0.6) is 0 Å². The zero-order chi connectivity index (χ0) is 92.2. The third-order valence-electron chi connectivity index (χ3n) is 19.1. The van der Waals surface area contributed by atoms with Crippen LogP contribution >= 0.6 is 0 Å². The maximum absolute atomic E-state index is 8.99. The first kappa shape index (κ1) is 123. The maximum Gasteiger partial charge on any atom is 3.00 e. The smallest absolute Gasteiger partial charge is 0.531 e. The molecule has 0 saturated heterocycles. The van der Waals surface area contributed by atoms with Crippen LogP contribution in [0.25, 0.3) is 16.8 Å². The second-order valence-electron chi connectivity index (χ2n) is 29.8. The molecule has 9 heterocycles. The zero-order valence-corrected chi connectivity index (χ0v) is 97.0. The number of para-hydroxylation sites is 7. The molecule has 0 spiro atoms. The first-order valence-corrected chi connectivity index (χ1v) is 42.5. The number of hydrogen-bond acceptors (Lipinski definition) is 20. The Balaban J connectivity index is 0.000000397. The van der Waals surface area contributed by atoms with Gasteiger partial charge in [0.2, 0.25) is 0 Å². The predicted molar refractivity (Wildman–Crippen MR) is 534 cm³/mol. The molecule has 29 heteroatoms. The summed E-state index contributed by atoms with van der Waals surface area (Å²) >= 11 is 0. The van der Waals surface area contributed by atoms with Crippen LogP contribution in [0, 0.1) is 115 Å². The van der Waals surface area contributed by atoms with E-state index in [1.165, 1.54) is 22.8 Å². The van der Waals surface area contributed by atoms with E-state index in [0.29, 0.717) is 5.57 Å². The first-order chi connectivity index (χ1) is 63.9. The van der Waals surface area contributed by atoms with Crippen LogP contribution in [-0.2, 0) is 177 Å². The van der Waals surface area contributed by atoms with Gasteiger partial charge in [0.25, 0.3) is 0 Å². The van der Waals surface area contributed by atoms with E-state index in [-0.39, 0.29) is 176 Å². The summed E-state index contributed by atoms with van der Waals surface area (Å²) in [5.41, 5.74) is 15.7. The Morgan fingerprint density at radius 3 is 0.971 bits per heavy atom. The number of hydrogen-bond donors (Lipinski definition) is 3. The third-order valence-corrected chi connectivity index (χ3v) is 19.1. The monoisotopic (exact) mass is 3280 g/mol. The molecule has 3 N–H and O–H groups in total. The van der Waals surface area contributed by atoms with Crippen molar-refractivity contribution in [1.29, 1.82) is 0 Å². The third kappa shape index (κ3) is 42.7. The van der Waals surface area contributed by atoms with Crippen molar-refractivity contribution in [3.05, 3.63) is 522 Å². The largest absolute Gasteiger partial charge is 3.00 e. The molecule has 0 fully saturated rings. The molecule has 739 valence electrons. The van der Waals surface area contributed by atoms with Crippen molar-refractivity contribution in [3.63, 3.8) is 0 Å². The van der Waals surface area contributed by atoms with E-state index in [1.807, 2.05) is 455 Å². The number of aliphatic hydroxyl groups is 2. The molecule has 8 aliphatic heterocycles. The van der Waals surface area contributed by atoms with Gasteiger partial charge in [0, 0.05) is 90.8 Å². The Kier molecular flexibility index (Phi) is 60.3. The minimum atomic E-state index is 0. The molecule has 11 aromatic carbocycles. The molecule has 0 unspecified atom stereocenters. The predicted octanol–water partition coefficient (Wildman–Crippen LogP) is 21.0. The molecule has 139 heavy (non-hydrogen) atoms. The van der Waals surface area contributed by atoms with E-state index in [9.17, 15) is 0 Å². The van der Waals surface area contributed by atoms with Gasteiger partial charge in [0.05, 0.1) is 0 Å². The van der Waals surface area contributed by atoms with Gasteiger partial charge >= 0.3 is 103 Å². The summed E-state index contributed by atoms with van der Waals surface area (Å²) in [6.07, 6.45) is 37.3. The van der Waals surface area contributed by atoms with Gasteiger partial charge in [-0.15, -0.1) is 93.1 Å². The van der Waals surface area contributed by atoms with E-state index >= 15 is 0 Å². The number of allylic oxidation sites excluding steroid dienone is 3. The molecule has 20 rings (SSSR count). The van der Waals surface area contributed by atoms with E-state index < -0.39 is 0 Å². The van der Waals surface area contributed by atoms with Crippen LogP contribution in [0.15, 0.2) is 396 Å². The van der Waals surface area contributed by atoms with Gasteiger partial charge in [-0.1, -0.05) is 62.4 Å². The Labute approximate surface area is 937 Å². The zero-order valence-electron chi connectivity index (χ0n) is 78.3. The Morgan fingerprint density at radius 2 is 0.655 bits per heavy atom. The second kappa shape index (κ2) is 68.1. The van der Waals surface area contributed by atoms with E-state index in [4.69, 9.17) is 16.8 Å². The Bertz CT molecular complexity index is 5430. The molecule has 0 saturated carbocycles. The summed E-state index contributed by atoms with van der Waals surface area (Å²) in [5, 5.41) is 24.7. The number of nitrogens with one attached hydrogen (secondary N) is 1. The summed E-state index contributed by atoms with van der Waals surface area (Å²) in [4.78, 5) is 32.5. The van der Waals surface area contributed by atoms with Crippen molar-refractivity contribution in [2.75, 3.05) is 100.0 Å². The summed E-state index contributed by atoms with van der Waals surface area (Å²) in [7, 11) is 13.9. The normalized spacial score (nSPS) is 13.6. The number of rotatable bonds is 16. The van der Waals surface area contributed by atoms with Crippen LogP contribution in [0.4, 0.5) is 51.2 Å². The van der Waals surface area contributed by atoms with Gasteiger partial charge in [-0.2, -0.15) is 288 Å². The van der Waals surface area contributed by atoms with Crippen molar-refractivity contribution < 1.29 is 174 Å². The molecule has 12 aromatic rings. The standard InChI is InChI=1S/C16H14N2.C15H12N2.C12H15N3.C11H12N2O.C11H12N2.3C10H10N2.C9H7N2.C6H9O.5Ir.3Pt/c1-17-10-11-18(13-17)16-9-5-8-15(12-16)14-6-3-2-4-7-14;1-3-7-14(8-4-1)16-11-12-17(13-16)15-9-5-2-6-10-15;1-13-9-11-4-3-5-12(8-11)15-7-6-14(2)10-15;1-12-5-6-13(9-12)11-4-2-3-10(7-11)8-14;1-2-12-8-9-13(10-12)11-6-4-3-5-7-11;3*1-11-7-8-12(9-11)10-5-3-2-4-6-10;1-2-5-9(6-3-1)11-8-4-7-10-11;1-5(2)4-6(3)7;;;;;;;;/h2-8,10-13H,1H3;1-9,11-13H;3-4,6-8,10,13H,9H2,1-2H3;2-3,5-7,9,14H,8H2,1H3;3-6,8-10H,2H2,1H3;3*2-5,7-9H,1H3;1-5,7-8H;1,4,7H,2-3H3;;;;;;;;/q8*-2;2*-1;;;;2*+3;3*+2. The van der Waals surface area contributed by atoms with Crippen molar-refractivity contribution in [3.8, 4) is 16.8 Å². The van der Waals surface area contributed by atoms with E-state index in [2.05, 4.69) is 170 Å². The summed E-state index contributed by atoms with van der Waals surface area (Å²) in [6, 6.07) is 116. The Morgan fingerprint density at radius 1 is 0.345 bits per heavy atom. The number of anilines is 9. The number of aromatic nitrogens is 2. The van der Waals surface area contributed by atoms with Gasteiger partial charge in [0.1, 0.15) is 0 Å². The number of nitrogens with zero attached hydrogens (tertiary/aromatic N) is 18. The minimum Gasteiger partial charge on any atom is -0.531 e. The maximum atomic E-state index is 8.99. The molecule has 3 radical (unpaired) electrons. The average molecular weight is 3280 g/mol. The van der Waals surface area contributed by atoms with Crippen LogP contribution in [0.2, 0.25) is 0 Å². The fourth-order valence-electron chi connectivity index (χ4n) is 12.6.